The third kappa shape index (κ3) is 3.51. The van der Waals surface area contributed by atoms with Crippen molar-refractivity contribution in [1.29, 1.82) is 0 Å². The summed E-state index contributed by atoms with van der Waals surface area (Å²) in [5.41, 5.74) is 0. The molecule has 0 aliphatic rings. The fourth-order valence-corrected chi connectivity index (χ4v) is 2.21. The van der Waals surface area contributed by atoms with Crippen molar-refractivity contribution in [2.75, 3.05) is 0 Å². The predicted molar refractivity (Wildman–Crippen MR) is 72.1 cm³/mol. The molecular formula is C13H14N3O3S-. The fourth-order valence-electron chi connectivity index (χ4n) is 1.44. The van der Waals surface area contributed by atoms with Gasteiger partial charge in [0.2, 0.25) is 0 Å². The highest BCUT2D eigenvalue weighted by Gasteiger charge is 2.13. The van der Waals surface area contributed by atoms with Gasteiger partial charge in [0.15, 0.2) is 11.0 Å². The number of rotatable bonds is 6. The first-order chi connectivity index (χ1) is 9.58. The fraction of sp³-hybridized carbons (Fsp3) is 0.308. The summed E-state index contributed by atoms with van der Waals surface area (Å²) in [7, 11) is 1.77. The van der Waals surface area contributed by atoms with Crippen LogP contribution in [0.25, 0.3) is 0 Å². The van der Waals surface area contributed by atoms with Gasteiger partial charge >= 0.3 is 0 Å². The Morgan fingerprint density at radius 3 is 2.75 bits per heavy atom. The zero-order chi connectivity index (χ0) is 14.5. The van der Waals surface area contributed by atoms with E-state index in [9.17, 15) is 9.90 Å². The number of hydrogen-bond acceptors (Lipinski definition) is 6. The maximum Gasteiger partial charge on any atom is 0.191 e. The maximum absolute atomic E-state index is 10.7. The van der Waals surface area contributed by atoms with Crippen molar-refractivity contribution in [1.82, 2.24) is 14.8 Å². The second-order valence-electron chi connectivity index (χ2n) is 4.14. The summed E-state index contributed by atoms with van der Waals surface area (Å²) in [4.78, 5) is 10.7. The van der Waals surface area contributed by atoms with E-state index in [2.05, 4.69) is 10.2 Å². The summed E-state index contributed by atoms with van der Waals surface area (Å²) in [6.07, 6.45) is 0. The molecule has 1 aromatic heterocycles. The standard InChI is InChI=1S/C13H15N3O3S/c1-9(12(17)18)20-13-15-14-11(16(13)2)8-19-10-6-4-3-5-7-10/h3-7,9H,8H2,1-2H3,(H,17,18)/p-1/t9-/m0/s1. The molecule has 7 heteroatoms. The van der Waals surface area contributed by atoms with Gasteiger partial charge in [-0.3, -0.25) is 0 Å². The second-order valence-corrected chi connectivity index (χ2v) is 5.45. The minimum Gasteiger partial charge on any atom is -0.549 e. The summed E-state index contributed by atoms with van der Waals surface area (Å²) in [5, 5.41) is 18.5. The summed E-state index contributed by atoms with van der Waals surface area (Å²) < 4.78 is 7.29. The number of ether oxygens (including phenoxy) is 1. The van der Waals surface area contributed by atoms with Gasteiger partial charge in [-0.05, 0) is 19.1 Å². The number of nitrogens with zero attached hydrogens (tertiary/aromatic N) is 3. The molecule has 106 valence electrons. The lowest BCUT2D eigenvalue weighted by atomic mass is 10.3. The highest BCUT2D eigenvalue weighted by atomic mass is 32.2. The lowest BCUT2D eigenvalue weighted by Crippen LogP contribution is -2.31. The normalized spacial score (nSPS) is 12.1. The predicted octanol–water partition coefficient (Wildman–Crippen LogP) is 0.625. The number of para-hydroxylation sites is 1. The molecule has 0 spiro atoms. The third-order valence-corrected chi connectivity index (χ3v) is 3.76. The first-order valence-corrected chi connectivity index (χ1v) is 6.89. The van der Waals surface area contributed by atoms with E-state index in [4.69, 9.17) is 4.74 Å². The molecule has 0 aliphatic carbocycles. The number of carboxylic acids is 1. The quantitative estimate of drug-likeness (QED) is 0.726. The van der Waals surface area contributed by atoms with Gasteiger partial charge in [0, 0.05) is 12.3 Å². The minimum absolute atomic E-state index is 0.272. The van der Waals surface area contributed by atoms with Crippen LogP contribution < -0.4 is 9.84 Å². The molecule has 0 saturated carbocycles. The Hall–Kier alpha value is -2.02. The molecule has 0 N–H and O–H groups in total. The molecule has 2 rings (SSSR count). The van der Waals surface area contributed by atoms with E-state index in [1.807, 2.05) is 30.3 Å². The number of carbonyl (C=O) groups excluding carboxylic acids is 1. The molecule has 0 fully saturated rings. The van der Waals surface area contributed by atoms with Crippen LogP contribution >= 0.6 is 11.8 Å². The molecule has 1 aromatic carbocycles. The number of benzene rings is 1. The van der Waals surface area contributed by atoms with Gasteiger partial charge in [-0.25, -0.2) is 0 Å². The first kappa shape index (κ1) is 14.4. The molecule has 0 bridgehead atoms. The first-order valence-electron chi connectivity index (χ1n) is 6.01. The molecule has 1 atom stereocenters. The van der Waals surface area contributed by atoms with E-state index in [0.717, 1.165) is 17.5 Å². The molecule has 0 saturated heterocycles. The van der Waals surface area contributed by atoms with E-state index >= 15 is 0 Å². The number of hydrogen-bond donors (Lipinski definition) is 0. The van der Waals surface area contributed by atoms with Crippen LogP contribution in [0.1, 0.15) is 12.7 Å². The minimum atomic E-state index is -1.12. The van der Waals surface area contributed by atoms with Crippen LogP contribution in [0.3, 0.4) is 0 Å². The molecule has 0 aliphatic heterocycles. The third-order valence-electron chi connectivity index (χ3n) is 2.65. The zero-order valence-corrected chi connectivity index (χ0v) is 12.0. The van der Waals surface area contributed by atoms with Crippen LogP contribution in [-0.4, -0.2) is 26.0 Å². The number of carbonyl (C=O) groups is 1. The number of aliphatic carboxylic acids is 1. The Balaban J connectivity index is 2.00. The Kier molecular flexibility index (Phi) is 4.62. The molecule has 2 aromatic rings. The highest BCUT2D eigenvalue weighted by Crippen LogP contribution is 2.21. The summed E-state index contributed by atoms with van der Waals surface area (Å²) >= 11 is 1.09. The van der Waals surface area contributed by atoms with Gasteiger partial charge in [0.05, 0.1) is 5.97 Å². The highest BCUT2D eigenvalue weighted by molar-refractivity contribution is 8.00. The van der Waals surface area contributed by atoms with Gasteiger partial charge in [0.1, 0.15) is 12.4 Å². The van der Waals surface area contributed by atoms with E-state index in [1.165, 1.54) is 0 Å². The van der Waals surface area contributed by atoms with Gasteiger partial charge < -0.3 is 19.2 Å². The van der Waals surface area contributed by atoms with Gasteiger partial charge in [0.25, 0.3) is 0 Å². The average molecular weight is 292 g/mol. The second kappa shape index (κ2) is 6.42. The Morgan fingerprint density at radius 2 is 2.10 bits per heavy atom. The molecule has 1 heterocycles. The molecule has 0 unspecified atom stereocenters. The summed E-state index contributed by atoms with van der Waals surface area (Å²) in [6.45, 7) is 1.82. The van der Waals surface area contributed by atoms with Crippen molar-refractivity contribution < 1.29 is 14.6 Å². The van der Waals surface area contributed by atoms with Crippen LogP contribution in [0, 0.1) is 0 Å². The Labute approximate surface area is 120 Å². The molecule has 20 heavy (non-hydrogen) atoms. The summed E-state index contributed by atoms with van der Waals surface area (Å²) in [5.74, 6) is 0.245. The molecule has 6 nitrogen and oxygen atoms in total. The Bertz CT molecular complexity index is 586. The van der Waals surface area contributed by atoms with E-state index < -0.39 is 11.2 Å². The van der Waals surface area contributed by atoms with E-state index in [-0.39, 0.29) is 6.61 Å². The van der Waals surface area contributed by atoms with E-state index in [1.54, 1.807) is 18.5 Å². The zero-order valence-electron chi connectivity index (χ0n) is 11.1. The van der Waals surface area contributed by atoms with Crippen LogP contribution in [0.4, 0.5) is 0 Å². The lowest BCUT2D eigenvalue weighted by molar-refractivity contribution is -0.304. The van der Waals surface area contributed by atoms with Gasteiger partial charge in [-0.1, -0.05) is 30.0 Å². The lowest BCUT2D eigenvalue weighted by Gasteiger charge is -2.11. The largest absolute Gasteiger partial charge is 0.549 e. The average Bonchev–Trinajstić information content (AvgIpc) is 2.78. The molecule has 0 amide bonds. The number of aromatic nitrogens is 3. The maximum atomic E-state index is 10.7. The van der Waals surface area contributed by atoms with Crippen LogP contribution in [0.15, 0.2) is 35.5 Å². The van der Waals surface area contributed by atoms with Crippen molar-refractivity contribution in [3.8, 4) is 5.75 Å². The summed E-state index contributed by atoms with van der Waals surface area (Å²) in [6, 6.07) is 9.38. The smallest absolute Gasteiger partial charge is 0.191 e. The van der Waals surface area contributed by atoms with Crippen molar-refractivity contribution in [3.05, 3.63) is 36.2 Å². The SMILES string of the molecule is C[C@H](Sc1nnc(COc2ccccc2)n1C)C(=O)[O-]. The topological polar surface area (TPSA) is 80.1 Å². The van der Waals surface area contributed by atoms with Crippen LogP contribution in [-0.2, 0) is 18.4 Å². The Morgan fingerprint density at radius 1 is 1.40 bits per heavy atom. The number of carboxylic acid groups (broad SMARTS) is 1. The van der Waals surface area contributed by atoms with Crippen LogP contribution in [0.2, 0.25) is 0 Å². The van der Waals surface area contributed by atoms with Gasteiger partial charge in [-0.2, -0.15) is 0 Å². The van der Waals surface area contributed by atoms with Crippen molar-refractivity contribution in [2.24, 2.45) is 7.05 Å². The van der Waals surface area contributed by atoms with E-state index in [0.29, 0.717) is 11.0 Å². The molecular weight excluding hydrogens is 278 g/mol. The van der Waals surface area contributed by atoms with Crippen LogP contribution in [0.5, 0.6) is 5.75 Å². The van der Waals surface area contributed by atoms with Gasteiger partial charge in [-0.15, -0.1) is 10.2 Å². The monoisotopic (exact) mass is 292 g/mol. The number of thioether (sulfide) groups is 1. The van der Waals surface area contributed by atoms with Crippen molar-refractivity contribution in [2.45, 2.75) is 23.9 Å². The van der Waals surface area contributed by atoms with Crippen molar-refractivity contribution in [3.63, 3.8) is 0 Å². The van der Waals surface area contributed by atoms with Crippen molar-refractivity contribution >= 4 is 17.7 Å². The molecule has 0 radical (unpaired) electrons.